The number of fused-ring (bicyclic) bond motifs is 5. The number of thioether (sulfide) groups is 1. The van der Waals surface area contributed by atoms with Crippen molar-refractivity contribution in [3.63, 3.8) is 0 Å². The van der Waals surface area contributed by atoms with Crippen LogP contribution in [0.2, 0.25) is 0 Å². The van der Waals surface area contributed by atoms with Gasteiger partial charge in [-0.2, -0.15) is 11.8 Å². The molecule has 0 bridgehead atoms. The van der Waals surface area contributed by atoms with Crippen LogP contribution in [0.25, 0.3) is 0 Å². The van der Waals surface area contributed by atoms with Gasteiger partial charge in [-0.1, -0.05) is 13.3 Å². The number of Topliss-reactive ketones (excluding diaryl/α,β-unsaturated/α-hetero) is 1. The number of hydrogen-bond acceptors (Lipinski definition) is 3. The average Bonchev–Trinajstić information content (AvgIpc) is 2.94. The molecule has 2 nitrogen and oxygen atoms in total. The summed E-state index contributed by atoms with van der Waals surface area (Å²) in [5.41, 5.74) is 1.36. The molecule has 23 heavy (non-hydrogen) atoms. The second-order valence-electron chi connectivity index (χ2n) is 8.67. The third-order valence-electron chi connectivity index (χ3n) is 7.75. The first kappa shape index (κ1) is 15.9. The van der Waals surface area contributed by atoms with Crippen LogP contribution in [0.15, 0.2) is 11.6 Å². The predicted molar refractivity (Wildman–Crippen MR) is 94.4 cm³/mol. The zero-order valence-corrected chi connectivity index (χ0v) is 15.2. The number of carbonyl (C=O) groups excluding carboxylic acids is 2. The Labute approximate surface area is 143 Å². The van der Waals surface area contributed by atoms with E-state index in [1.807, 2.05) is 11.8 Å². The molecular formula is C20H28O2S. The summed E-state index contributed by atoms with van der Waals surface area (Å²) in [6.45, 7) is 2.29. The molecule has 0 heterocycles. The minimum atomic E-state index is -0.0258. The largest absolute Gasteiger partial charge is 0.295 e. The van der Waals surface area contributed by atoms with Crippen molar-refractivity contribution < 1.29 is 9.59 Å². The van der Waals surface area contributed by atoms with Gasteiger partial charge in [0.15, 0.2) is 11.6 Å². The lowest BCUT2D eigenvalue weighted by Gasteiger charge is -2.57. The lowest BCUT2D eigenvalue weighted by molar-refractivity contribution is -0.130. The molecule has 3 fully saturated rings. The van der Waals surface area contributed by atoms with Crippen LogP contribution in [0.5, 0.6) is 0 Å². The molecule has 5 atom stereocenters. The van der Waals surface area contributed by atoms with Crippen molar-refractivity contribution in [2.45, 2.75) is 58.3 Å². The summed E-state index contributed by atoms with van der Waals surface area (Å²) in [5, 5.41) is 0. The first-order chi connectivity index (χ1) is 11.0. The molecule has 0 amide bonds. The lowest BCUT2D eigenvalue weighted by Crippen LogP contribution is -2.53. The molecular weight excluding hydrogens is 304 g/mol. The van der Waals surface area contributed by atoms with Crippen molar-refractivity contribution in [3.05, 3.63) is 11.6 Å². The van der Waals surface area contributed by atoms with E-state index in [0.717, 1.165) is 17.9 Å². The molecule has 0 unspecified atom stereocenters. The Kier molecular flexibility index (Phi) is 3.79. The summed E-state index contributed by atoms with van der Waals surface area (Å²) in [5.74, 6) is 3.66. The third kappa shape index (κ3) is 2.22. The minimum Gasteiger partial charge on any atom is -0.295 e. The van der Waals surface area contributed by atoms with Gasteiger partial charge in [0.2, 0.25) is 0 Å². The molecule has 4 aliphatic rings. The smallest absolute Gasteiger partial charge is 0.159 e. The molecule has 126 valence electrons. The molecule has 0 N–H and O–H groups in total. The third-order valence-corrected chi connectivity index (χ3v) is 8.61. The first-order valence-corrected chi connectivity index (χ1v) is 10.7. The van der Waals surface area contributed by atoms with Crippen LogP contribution in [0.1, 0.15) is 58.3 Å². The number of hydrogen-bond donors (Lipinski definition) is 0. The molecule has 0 spiro atoms. The second kappa shape index (κ2) is 5.47. The van der Waals surface area contributed by atoms with Crippen LogP contribution in [-0.2, 0) is 9.59 Å². The monoisotopic (exact) mass is 332 g/mol. The summed E-state index contributed by atoms with van der Waals surface area (Å²) in [6, 6.07) is 0. The van der Waals surface area contributed by atoms with E-state index in [-0.39, 0.29) is 17.0 Å². The van der Waals surface area contributed by atoms with E-state index in [2.05, 4.69) is 13.2 Å². The van der Waals surface area contributed by atoms with Gasteiger partial charge in [0.05, 0.1) is 0 Å². The lowest BCUT2D eigenvalue weighted by atomic mass is 9.47. The topological polar surface area (TPSA) is 34.1 Å². The zero-order valence-electron chi connectivity index (χ0n) is 14.4. The van der Waals surface area contributed by atoms with Crippen molar-refractivity contribution in [1.29, 1.82) is 0 Å². The highest BCUT2D eigenvalue weighted by Crippen LogP contribution is 2.65. The molecule has 4 rings (SSSR count). The molecule has 0 aromatic rings. The molecule has 3 heteroatoms. The van der Waals surface area contributed by atoms with E-state index >= 15 is 0 Å². The Morgan fingerprint density at radius 3 is 2.78 bits per heavy atom. The summed E-state index contributed by atoms with van der Waals surface area (Å²) in [6.07, 6.45) is 12.8. The Morgan fingerprint density at radius 2 is 2.00 bits per heavy atom. The van der Waals surface area contributed by atoms with Crippen LogP contribution >= 0.6 is 11.8 Å². The van der Waals surface area contributed by atoms with Gasteiger partial charge < -0.3 is 0 Å². The zero-order chi connectivity index (χ0) is 16.2. The van der Waals surface area contributed by atoms with Gasteiger partial charge in [0, 0.05) is 18.4 Å². The van der Waals surface area contributed by atoms with Crippen LogP contribution in [0.3, 0.4) is 0 Å². The number of carbonyl (C=O) groups is 2. The predicted octanol–water partition coefficient (Wildman–Crippen LogP) is 4.43. The standard InChI is InChI=1S/C20H28O2S/c1-19-8-5-13(21)10-17(19)18(22)11-14-15(19)6-9-20(12-23-2)7-3-4-16(14)20/h10,14-16H,3-9,11-12H2,1-2H3/t14-,15+,16+,19-,20+/m1/s1. The van der Waals surface area contributed by atoms with Gasteiger partial charge in [0.25, 0.3) is 0 Å². The fraction of sp³-hybridized carbons (Fsp3) is 0.800. The van der Waals surface area contributed by atoms with E-state index in [1.165, 1.54) is 37.9 Å². The van der Waals surface area contributed by atoms with Gasteiger partial charge in [-0.3, -0.25) is 9.59 Å². The van der Waals surface area contributed by atoms with E-state index in [4.69, 9.17) is 0 Å². The number of rotatable bonds is 2. The van der Waals surface area contributed by atoms with Crippen molar-refractivity contribution in [2.24, 2.45) is 28.6 Å². The maximum absolute atomic E-state index is 12.9. The maximum atomic E-state index is 12.9. The molecule has 0 aromatic carbocycles. The Morgan fingerprint density at radius 1 is 1.17 bits per heavy atom. The molecule has 0 radical (unpaired) electrons. The van der Waals surface area contributed by atoms with E-state index in [9.17, 15) is 9.59 Å². The molecule has 0 aromatic heterocycles. The van der Waals surface area contributed by atoms with E-state index in [0.29, 0.717) is 30.1 Å². The van der Waals surface area contributed by atoms with Crippen LogP contribution in [0.4, 0.5) is 0 Å². The molecule has 3 saturated carbocycles. The van der Waals surface area contributed by atoms with Crippen molar-refractivity contribution in [2.75, 3.05) is 12.0 Å². The van der Waals surface area contributed by atoms with Gasteiger partial charge in [-0.05, 0) is 78.8 Å². The molecule has 0 saturated heterocycles. The molecule has 0 aliphatic heterocycles. The maximum Gasteiger partial charge on any atom is 0.159 e. The highest BCUT2D eigenvalue weighted by Gasteiger charge is 2.59. The van der Waals surface area contributed by atoms with Crippen LogP contribution in [0, 0.1) is 28.6 Å². The summed E-state index contributed by atoms with van der Waals surface area (Å²) < 4.78 is 0. The number of allylic oxidation sites excluding steroid dienone is 1. The van der Waals surface area contributed by atoms with E-state index < -0.39 is 0 Å². The molecule has 4 aliphatic carbocycles. The Bertz CT molecular complexity index is 580. The first-order valence-electron chi connectivity index (χ1n) is 9.27. The van der Waals surface area contributed by atoms with Gasteiger partial charge >= 0.3 is 0 Å². The van der Waals surface area contributed by atoms with Crippen molar-refractivity contribution >= 4 is 23.3 Å². The van der Waals surface area contributed by atoms with Crippen molar-refractivity contribution in [3.8, 4) is 0 Å². The van der Waals surface area contributed by atoms with Gasteiger partial charge in [-0.25, -0.2) is 0 Å². The van der Waals surface area contributed by atoms with Gasteiger partial charge in [-0.15, -0.1) is 0 Å². The normalized spacial score (nSPS) is 46.0. The highest BCUT2D eigenvalue weighted by molar-refractivity contribution is 7.98. The number of ketones is 2. The Hall–Kier alpha value is -0.570. The summed E-state index contributed by atoms with van der Waals surface area (Å²) in [7, 11) is 0. The highest BCUT2D eigenvalue weighted by atomic mass is 32.2. The van der Waals surface area contributed by atoms with Gasteiger partial charge in [0.1, 0.15) is 0 Å². The summed E-state index contributed by atoms with van der Waals surface area (Å²) in [4.78, 5) is 24.7. The SMILES string of the molecule is CSC[C@@]12CCC[C@H]1[C@@H]1CC(=O)C3=CC(=O)CC[C@]3(C)[C@H]1CC2. The Balaban J connectivity index is 1.71. The van der Waals surface area contributed by atoms with Crippen LogP contribution < -0.4 is 0 Å². The quantitative estimate of drug-likeness (QED) is 0.750. The fourth-order valence-electron chi connectivity index (χ4n) is 6.72. The average molecular weight is 333 g/mol. The van der Waals surface area contributed by atoms with Crippen molar-refractivity contribution in [1.82, 2.24) is 0 Å². The van der Waals surface area contributed by atoms with E-state index in [1.54, 1.807) is 6.08 Å². The second-order valence-corrected chi connectivity index (χ2v) is 9.54. The van der Waals surface area contributed by atoms with Crippen LogP contribution in [-0.4, -0.2) is 23.6 Å². The minimum absolute atomic E-state index is 0.0258. The fourth-order valence-corrected chi connectivity index (χ4v) is 7.80. The summed E-state index contributed by atoms with van der Waals surface area (Å²) >= 11 is 2.00.